The number of carbonyl (C=O) groups excluding carboxylic acids is 1. The number of nitrogens with one attached hydrogen (secondary N) is 1. The van der Waals surface area contributed by atoms with Crippen LogP contribution in [0.5, 0.6) is 11.5 Å². The largest absolute Gasteiger partial charge is 0.454 e. The smallest absolute Gasteiger partial charge is 0.266 e. The van der Waals surface area contributed by atoms with Gasteiger partial charge in [-0.2, -0.15) is 5.26 Å². The first-order chi connectivity index (χ1) is 11.6. The van der Waals surface area contributed by atoms with Gasteiger partial charge in [0.25, 0.3) is 5.91 Å². The molecule has 0 aliphatic carbocycles. The monoisotopic (exact) mass is 340 g/mol. The van der Waals surface area contributed by atoms with Crippen molar-refractivity contribution in [2.45, 2.75) is 6.92 Å². The molecule has 0 fully saturated rings. The Morgan fingerprint density at radius 1 is 1.29 bits per heavy atom. The number of hydrogen-bond acceptors (Lipinski definition) is 4. The lowest BCUT2D eigenvalue weighted by Crippen LogP contribution is -2.13. The second-order valence-electron chi connectivity index (χ2n) is 5.23. The Balaban J connectivity index is 1.84. The van der Waals surface area contributed by atoms with Crippen LogP contribution < -0.4 is 14.8 Å². The van der Waals surface area contributed by atoms with Crippen molar-refractivity contribution in [3.63, 3.8) is 0 Å². The van der Waals surface area contributed by atoms with Crippen molar-refractivity contribution in [2.24, 2.45) is 0 Å². The summed E-state index contributed by atoms with van der Waals surface area (Å²) in [5, 5.41) is 12.3. The number of hydrogen-bond donors (Lipinski definition) is 1. The molecule has 0 saturated carbocycles. The van der Waals surface area contributed by atoms with Gasteiger partial charge in [0.2, 0.25) is 6.79 Å². The van der Waals surface area contributed by atoms with Crippen LogP contribution in [0.4, 0.5) is 5.69 Å². The number of amides is 1. The second-order valence-corrected chi connectivity index (χ2v) is 5.63. The van der Waals surface area contributed by atoms with E-state index >= 15 is 0 Å². The quantitative estimate of drug-likeness (QED) is 0.679. The number of rotatable bonds is 3. The molecule has 0 unspecified atom stereocenters. The van der Waals surface area contributed by atoms with Gasteiger partial charge < -0.3 is 14.8 Å². The van der Waals surface area contributed by atoms with E-state index in [1.165, 1.54) is 6.08 Å². The molecule has 0 saturated heterocycles. The van der Waals surface area contributed by atoms with Gasteiger partial charge in [0.15, 0.2) is 11.5 Å². The molecule has 1 aliphatic rings. The van der Waals surface area contributed by atoms with Gasteiger partial charge in [-0.15, -0.1) is 0 Å². The third-order valence-corrected chi connectivity index (χ3v) is 3.72. The maximum atomic E-state index is 12.3. The zero-order chi connectivity index (χ0) is 17.1. The molecular weight excluding hydrogens is 328 g/mol. The second kappa shape index (κ2) is 6.65. The van der Waals surface area contributed by atoms with Gasteiger partial charge in [-0.25, -0.2) is 0 Å². The summed E-state index contributed by atoms with van der Waals surface area (Å²) < 4.78 is 10.5. The molecule has 5 nitrogen and oxygen atoms in total. The van der Waals surface area contributed by atoms with Crippen molar-refractivity contribution in [1.29, 1.82) is 5.26 Å². The molecule has 3 rings (SSSR count). The van der Waals surface area contributed by atoms with Crippen LogP contribution in [0.15, 0.2) is 42.0 Å². The van der Waals surface area contributed by atoms with Crippen molar-refractivity contribution in [3.8, 4) is 17.6 Å². The molecule has 0 atom stereocenters. The number of halogens is 1. The summed E-state index contributed by atoms with van der Waals surface area (Å²) in [7, 11) is 0. The highest BCUT2D eigenvalue weighted by atomic mass is 35.5. The lowest BCUT2D eigenvalue weighted by Gasteiger charge is -2.05. The summed E-state index contributed by atoms with van der Waals surface area (Å²) in [4.78, 5) is 12.3. The van der Waals surface area contributed by atoms with Gasteiger partial charge >= 0.3 is 0 Å². The van der Waals surface area contributed by atoms with Gasteiger partial charge in [-0.3, -0.25) is 4.79 Å². The van der Waals surface area contributed by atoms with Gasteiger partial charge in [0, 0.05) is 5.69 Å². The summed E-state index contributed by atoms with van der Waals surface area (Å²) >= 11 is 6.11. The highest BCUT2D eigenvalue weighted by Gasteiger charge is 2.18. The normalized spacial score (nSPS) is 12.6. The predicted molar refractivity (Wildman–Crippen MR) is 91.0 cm³/mol. The van der Waals surface area contributed by atoms with Gasteiger partial charge in [-0.1, -0.05) is 29.3 Å². The van der Waals surface area contributed by atoms with Crippen LogP contribution >= 0.6 is 11.6 Å². The standard InChI is InChI=1S/C18H13ClN2O3/c1-11-2-4-14(5-3-11)21-18(22)13(9-20)6-12-7-15(19)17-16(8-12)23-10-24-17/h2-8H,10H2,1H3,(H,21,22)/b13-6+. The summed E-state index contributed by atoms with van der Waals surface area (Å²) in [6.07, 6.45) is 1.46. The molecule has 0 aromatic heterocycles. The number of carbonyl (C=O) groups is 1. The number of nitriles is 1. The van der Waals surface area contributed by atoms with Gasteiger partial charge in [0.1, 0.15) is 11.6 Å². The maximum absolute atomic E-state index is 12.3. The zero-order valence-corrected chi connectivity index (χ0v) is 13.6. The minimum atomic E-state index is -0.491. The third kappa shape index (κ3) is 3.34. The van der Waals surface area contributed by atoms with Crippen LogP contribution in [0.1, 0.15) is 11.1 Å². The van der Waals surface area contributed by atoms with E-state index in [0.29, 0.717) is 27.8 Å². The van der Waals surface area contributed by atoms with Crippen LogP contribution in [0.2, 0.25) is 5.02 Å². The number of benzene rings is 2. The van der Waals surface area contributed by atoms with Crippen molar-refractivity contribution in [3.05, 3.63) is 58.1 Å². The Morgan fingerprint density at radius 3 is 2.75 bits per heavy atom. The predicted octanol–water partition coefficient (Wildman–Crippen LogP) is 3.92. The van der Waals surface area contributed by atoms with Crippen LogP contribution in [0.3, 0.4) is 0 Å². The molecule has 2 aromatic carbocycles. The molecule has 0 spiro atoms. The molecule has 120 valence electrons. The number of aryl methyl sites for hydroxylation is 1. The number of nitrogens with zero attached hydrogens (tertiary/aromatic N) is 1. The SMILES string of the molecule is Cc1ccc(NC(=O)/C(C#N)=C/c2cc(Cl)c3c(c2)OCO3)cc1. The first-order valence-corrected chi connectivity index (χ1v) is 7.53. The molecular formula is C18H13ClN2O3. The van der Waals surface area contributed by atoms with E-state index < -0.39 is 5.91 Å². The van der Waals surface area contributed by atoms with Gasteiger partial charge in [-0.05, 0) is 42.8 Å². The van der Waals surface area contributed by atoms with E-state index in [0.717, 1.165) is 5.56 Å². The van der Waals surface area contributed by atoms with Crippen molar-refractivity contribution in [1.82, 2.24) is 0 Å². The molecule has 1 N–H and O–H groups in total. The molecule has 1 heterocycles. The fraction of sp³-hybridized carbons (Fsp3) is 0.111. The van der Waals surface area contributed by atoms with E-state index in [1.54, 1.807) is 24.3 Å². The minimum absolute atomic E-state index is 0.0366. The highest BCUT2D eigenvalue weighted by molar-refractivity contribution is 6.32. The van der Waals surface area contributed by atoms with Crippen LogP contribution in [-0.2, 0) is 4.79 Å². The topological polar surface area (TPSA) is 71.4 Å². The lowest BCUT2D eigenvalue weighted by molar-refractivity contribution is -0.112. The van der Waals surface area contributed by atoms with Crippen LogP contribution in [0.25, 0.3) is 6.08 Å². The number of anilines is 1. The van der Waals surface area contributed by atoms with E-state index in [1.807, 2.05) is 25.1 Å². The van der Waals surface area contributed by atoms with Crippen LogP contribution in [-0.4, -0.2) is 12.7 Å². The average Bonchev–Trinajstić information content (AvgIpc) is 3.03. The minimum Gasteiger partial charge on any atom is -0.454 e. The Kier molecular flexibility index (Phi) is 4.41. The van der Waals surface area contributed by atoms with Gasteiger partial charge in [0.05, 0.1) is 5.02 Å². The first-order valence-electron chi connectivity index (χ1n) is 7.16. The van der Waals surface area contributed by atoms with E-state index in [2.05, 4.69) is 5.32 Å². The Labute approximate surface area is 144 Å². The Hall–Kier alpha value is -2.97. The van der Waals surface area contributed by atoms with E-state index in [-0.39, 0.29) is 12.4 Å². The Morgan fingerprint density at radius 2 is 2.04 bits per heavy atom. The summed E-state index contributed by atoms with van der Waals surface area (Å²) in [5.74, 6) is 0.469. The van der Waals surface area contributed by atoms with Crippen LogP contribution in [0, 0.1) is 18.3 Å². The summed E-state index contributed by atoms with van der Waals surface area (Å²) in [6.45, 7) is 2.05. The maximum Gasteiger partial charge on any atom is 0.266 e. The molecule has 0 radical (unpaired) electrons. The fourth-order valence-corrected chi connectivity index (χ4v) is 2.49. The highest BCUT2D eigenvalue weighted by Crippen LogP contribution is 2.40. The van der Waals surface area contributed by atoms with Crippen molar-refractivity contribution in [2.75, 3.05) is 12.1 Å². The zero-order valence-electron chi connectivity index (χ0n) is 12.8. The lowest BCUT2D eigenvalue weighted by atomic mass is 10.1. The fourth-order valence-electron chi connectivity index (χ4n) is 2.22. The molecule has 2 aromatic rings. The Bertz CT molecular complexity index is 867. The van der Waals surface area contributed by atoms with Crippen molar-refractivity contribution >= 4 is 29.3 Å². The first kappa shape index (κ1) is 15.9. The average molecular weight is 341 g/mol. The molecule has 6 heteroatoms. The summed E-state index contributed by atoms with van der Waals surface area (Å²) in [5.41, 5.74) is 2.25. The molecule has 1 aliphatic heterocycles. The van der Waals surface area contributed by atoms with E-state index in [4.69, 9.17) is 21.1 Å². The molecule has 0 bridgehead atoms. The molecule has 1 amide bonds. The van der Waals surface area contributed by atoms with Crippen molar-refractivity contribution < 1.29 is 14.3 Å². The summed E-state index contributed by atoms with van der Waals surface area (Å²) in [6, 6.07) is 12.5. The number of ether oxygens (including phenoxy) is 2. The number of fused-ring (bicyclic) bond motifs is 1. The third-order valence-electron chi connectivity index (χ3n) is 3.44. The molecule has 24 heavy (non-hydrogen) atoms. The van der Waals surface area contributed by atoms with E-state index in [9.17, 15) is 10.1 Å².